The first-order valence-corrected chi connectivity index (χ1v) is 9.58. The number of fused-ring (bicyclic) bond motifs is 4. The summed E-state index contributed by atoms with van der Waals surface area (Å²) in [5.41, 5.74) is 4.17. The van der Waals surface area contributed by atoms with Gasteiger partial charge >= 0.3 is 0 Å². The van der Waals surface area contributed by atoms with E-state index < -0.39 is 0 Å². The Balaban J connectivity index is 1.62. The molecule has 5 rings (SSSR count). The van der Waals surface area contributed by atoms with Crippen LogP contribution in [0.4, 0.5) is 5.69 Å². The smallest absolute Gasteiger partial charge is 0.231 e. The van der Waals surface area contributed by atoms with Crippen LogP contribution in [0.3, 0.4) is 0 Å². The van der Waals surface area contributed by atoms with Crippen molar-refractivity contribution in [2.75, 3.05) is 12.1 Å². The molecule has 2 heterocycles. The molecule has 3 aliphatic rings. The summed E-state index contributed by atoms with van der Waals surface area (Å²) in [5.74, 6) is 2.40. The number of Topliss-reactive ketones (excluding diaryl/α,β-unsaturated/α-hetero) is 1. The topological polar surface area (TPSA) is 47.6 Å². The Morgan fingerprint density at radius 2 is 2.08 bits per heavy atom. The number of carbonyl (C=O) groups is 1. The van der Waals surface area contributed by atoms with E-state index in [-0.39, 0.29) is 18.6 Å². The number of allylic oxidation sites excluding steroid dienone is 2. The summed E-state index contributed by atoms with van der Waals surface area (Å²) in [7, 11) is 0. The van der Waals surface area contributed by atoms with Gasteiger partial charge in [0.15, 0.2) is 17.3 Å². The summed E-state index contributed by atoms with van der Waals surface area (Å²) in [4.78, 5) is 11.8. The zero-order valence-corrected chi connectivity index (χ0v) is 15.9. The van der Waals surface area contributed by atoms with Crippen LogP contribution in [0.1, 0.15) is 46.8 Å². The van der Waals surface area contributed by atoms with Crippen LogP contribution in [-0.4, -0.2) is 12.6 Å². The van der Waals surface area contributed by atoms with Gasteiger partial charge in [-0.15, -0.1) is 0 Å². The molecule has 3 atom stereocenters. The number of benzene rings is 2. The first-order chi connectivity index (χ1) is 12.6. The molecule has 0 fully saturated rings. The molecule has 1 N–H and O–H groups in total. The summed E-state index contributed by atoms with van der Waals surface area (Å²) >= 11 is 3.60. The Bertz CT molecular complexity index is 953. The largest absolute Gasteiger partial charge is 0.454 e. The summed E-state index contributed by atoms with van der Waals surface area (Å²) in [6.07, 6.45) is 5.51. The lowest BCUT2D eigenvalue weighted by molar-refractivity contribution is 0.101. The van der Waals surface area contributed by atoms with Crippen LogP contribution >= 0.6 is 15.9 Å². The summed E-state index contributed by atoms with van der Waals surface area (Å²) in [6, 6.07) is 10.2. The van der Waals surface area contributed by atoms with E-state index >= 15 is 0 Å². The first-order valence-electron chi connectivity index (χ1n) is 8.79. The molecular weight excluding hydrogens is 394 g/mol. The first kappa shape index (κ1) is 15.9. The Hall–Kier alpha value is -2.27. The quantitative estimate of drug-likeness (QED) is 0.544. The van der Waals surface area contributed by atoms with E-state index in [1.54, 1.807) is 6.92 Å². The molecule has 2 aromatic rings. The predicted octanol–water partition coefficient (Wildman–Crippen LogP) is 5.21. The number of ether oxygens (including phenoxy) is 2. The second kappa shape index (κ2) is 5.88. The maximum absolute atomic E-state index is 11.8. The second-order valence-corrected chi connectivity index (χ2v) is 7.98. The fourth-order valence-electron chi connectivity index (χ4n) is 4.35. The van der Waals surface area contributed by atoms with Crippen LogP contribution in [0, 0.1) is 5.92 Å². The van der Waals surface area contributed by atoms with Crippen molar-refractivity contribution in [3.05, 3.63) is 63.6 Å². The van der Waals surface area contributed by atoms with Crippen molar-refractivity contribution in [1.82, 2.24) is 0 Å². The summed E-state index contributed by atoms with van der Waals surface area (Å²) in [5, 5.41) is 3.70. The molecule has 0 saturated heterocycles. The SMILES string of the molecule is CC(=O)c1ccc2c(c1)C1C=CCC1C(c1cc(Br)cc3c1OCO3)N2. The van der Waals surface area contributed by atoms with Crippen molar-refractivity contribution in [2.24, 2.45) is 5.92 Å². The van der Waals surface area contributed by atoms with Crippen LogP contribution in [0.25, 0.3) is 0 Å². The number of hydrogen-bond acceptors (Lipinski definition) is 4. The molecule has 5 heteroatoms. The van der Waals surface area contributed by atoms with Gasteiger partial charge in [-0.1, -0.05) is 28.1 Å². The highest BCUT2D eigenvalue weighted by Gasteiger charge is 2.40. The fraction of sp³-hybridized carbons (Fsp3) is 0.286. The molecular formula is C21H18BrNO3. The molecule has 132 valence electrons. The minimum atomic E-state index is 0.101. The third-order valence-corrected chi connectivity index (χ3v) is 6.03. The standard InChI is InChI=1S/C21H18BrNO3/c1-11(24)12-5-6-18-16(7-12)14-3-2-4-15(14)20(23-18)17-8-13(22)9-19-21(17)26-10-25-19/h2-3,5-9,14-15,20,23H,4,10H2,1H3. The zero-order chi connectivity index (χ0) is 17.8. The molecule has 0 bridgehead atoms. The molecule has 4 nitrogen and oxygen atoms in total. The van der Waals surface area contributed by atoms with Crippen LogP contribution < -0.4 is 14.8 Å². The number of anilines is 1. The van der Waals surface area contributed by atoms with Gasteiger partial charge in [-0.25, -0.2) is 0 Å². The molecule has 26 heavy (non-hydrogen) atoms. The monoisotopic (exact) mass is 411 g/mol. The lowest BCUT2D eigenvalue weighted by atomic mass is 9.76. The van der Waals surface area contributed by atoms with E-state index in [2.05, 4.69) is 39.5 Å². The van der Waals surface area contributed by atoms with Crippen molar-refractivity contribution in [1.29, 1.82) is 0 Å². The molecule has 2 aliphatic heterocycles. The Morgan fingerprint density at radius 1 is 1.19 bits per heavy atom. The van der Waals surface area contributed by atoms with Crippen molar-refractivity contribution in [3.63, 3.8) is 0 Å². The lowest BCUT2D eigenvalue weighted by Crippen LogP contribution is -2.29. The molecule has 1 aliphatic carbocycles. The highest BCUT2D eigenvalue weighted by molar-refractivity contribution is 9.10. The lowest BCUT2D eigenvalue weighted by Gasteiger charge is -2.38. The van der Waals surface area contributed by atoms with E-state index in [9.17, 15) is 4.79 Å². The van der Waals surface area contributed by atoms with Crippen LogP contribution in [0.2, 0.25) is 0 Å². The third kappa shape index (κ3) is 2.37. The highest BCUT2D eigenvalue weighted by Crippen LogP contribution is 2.53. The number of nitrogens with one attached hydrogen (secondary N) is 1. The maximum atomic E-state index is 11.8. The Labute approximate surface area is 160 Å². The number of ketones is 1. The van der Waals surface area contributed by atoms with Gasteiger partial charge in [-0.05, 0) is 55.2 Å². The van der Waals surface area contributed by atoms with Gasteiger partial charge < -0.3 is 14.8 Å². The molecule has 0 radical (unpaired) electrons. The summed E-state index contributed by atoms with van der Waals surface area (Å²) in [6.45, 7) is 1.88. The second-order valence-electron chi connectivity index (χ2n) is 7.06. The Morgan fingerprint density at radius 3 is 2.92 bits per heavy atom. The highest BCUT2D eigenvalue weighted by atomic mass is 79.9. The average Bonchev–Trinajstić information content (AvgIpc) is 3.29. The van der Waals surface area contributed by atoms with Crippen LogP contribution in [-0.2, 0) is 0 Å². The zero-order valence-electron chi connectivity index (χ0n) is 14.3. The molecule has 3 unspecified atom stereocenters. The van der Waals surface area contributed by atoms with E-state index in [1.165, 1.54) is 5.56 Å². The van der Waals surface area contributed by atoms with E-state index in [0.717, 1.165) is 39.2 Å². The number of carbonyl (C=O) groups excluding carboxylic acids is 1. The number of hydrogen-bond donors (Lipinski definition) is 1. The van der Waals surface area contributed by atoms with Crippen LogP contribution in [0.5, 0.6) is 11.5 Å². The normalized spacial score (nSPS) is 24.8. The van der Waals surface area contributed by atoms with Crippen molar-refractivity contribution < 1.29 is 14.3 Å². The van der Waals surface area contributed by atoms with Gasteiger partial charge in [0.25, 0.3) is 0 Å². The van der Waals surface area contributed by atoms with Gasteiger partial charge in [-0.3, -0.25) is 4.79 Å². The van der Waals surface area contributed by atoms with E-state index in [4.69, 9.17) is 9.47 Å². The summed E-state index contributed by atoms with van der Waals surface area (Å²) < 4.78 is 12.4. The molecule has 0 amide bonds. The molecule has 2 aromatic carbocycles. The number of rotatable bonds is 2. The minimum Gasteiger partial charge on any atom is -0.454 e. The average molecular weight is 412 g/mol. The van der Waals surface area contributed by atoms with Gasteiger partial charge in [0, 0.05) is 27.2 Å². The van der Waals surface area contributed by atoms with Gasteiger partial charge in [-0.2, -0.15) is 0 Å². The third-order valence-electron chi connectivity index (χ3n) is 5.57. The molecule has 0 saturated carbocycles. The van der Waals surface area contributed by atoms with E-state index in [1.807, 2.05) is 24.3 Å². The Kier molecular flexibility index (Phi) is 3.60. The predicted molar refractivity (Wildman–Crippen MR) is 103 cm³/mol. The molecule has 0 spiro atoms. The minimum absolute atomic E-state index is 0.101. The van der Waals surface area contributed by atoms with Crippen molar-refractivity contribution in [2.45, 2.75) is 25.3 Å². The van der Waals surface area contributed by atoms with Gasteiger partial charge in [0.1, 0.15) is 0 Å². The van der Waals surface area contributed by atoms with Crippen molar-refractivity contribution in [3.8, 4) is 11.5 Å². The van der Waals surface area contributed by atoms with Crippen LogP contribution in [0.15, 0.2) is 47.0 Å². The van der Waals surface area contributed by atoms with Gasteiger partial charge in [0.05, 0.1) is 6.04 Å². The van der Waals surface area contributed by atoms with E-state index in [0.29, 0.717) is 11.8 Å². The number of halogens is 1. The maximum Gasteiger partial charge on any atom is 0.231 e. The fourth-order valence-corrected chi connectivity index (χ4v) is 4.81. The van der Waals surface area contributed by atoms with Gasteiger partial charge in [0.2, 0.25) is 6.79 Å². The molecule has 0 aromatic heterocycles. The van der Waals surface area contributed by atoms with Crippen molar-refractivity contribution >= 4 is 27.4 Å².